The highest BCUT2D eigenvalue weighted by atomic mass is 32.2. The molecule has 112 valence electrons. The van der Waals surface area contributed by atoms with Crippen molar-refractivity contribution in [1.82, 2.24) is 15.5 Å². The highest BCUT2D eigenvalue weighted by molar-refractivity contribution is 8.06. The van der Waals surface area contributed by atoms with Gasteiger partial charge in [-0.3, -0.25) is 0 Å². The lowest BCUT2D eigenvalue weighted by Crippen LogP contribution is -2.33. The van der Waals surface area contributed by atoms with E-state index in [0.717, 1.165) is 18.3 Å². The molecule has 4 unspecified atom stereocenters. The third-order valence-corrected chi connectivity index (χ3v) is 7.44. The van der Waals surface area contributed by atoms with E-state index in [4.69, 9.17) is 9.51 Å². The van der Waals surface area contributed by atoms with E-state index >= 15 is 0 Å². The summed E-state index contributed by atoms with van der Waals surface area (Å²) in [5, 5.41) is 8.83. The van der Waals surface area contributed by atoms with Crippen LogP contribution < -0.4 is 5.32 Å². The van der Waals surface area contributed by atoms with Crippen LogP contribution in [-0.4, -0.2) is 33.4 Å². The van der Waals surface area contributed by atoms with Crippen LogP contribution in [-0.2, 0) is 0 Å². The molecule has 20 heavy (non-hydrogen) atoms. The molecule has 3 heterocycles. The van der Waals surface area contributed by atoms with Gasteiger partial charge in [-0.2, -0.15) is 16.7 Å². The molecule has 2 saturated heterocycles. The molecule has 0 amide bonds. The maximum Gasteiger partial charge on any atom is 0.244 e. The Kier molecular flexibility index (Phi) is 4.94. The van der Waals surface area contributed by atoms with Gasteiger partial charge in [-0.05, 0) is 31.7 Å². The molecule has 2 aliphatic rings. The number of piperidine rings is 1. The molecule has 0 saturated carbocycles. The normalized spacial score (nSPS) is 35.1. The number of hydrogen-bond acceptors (Lipinski definition) is 6. The maximum absolute atomic E-state index is 5.57. The Bertz CT molecular complexity index is 440. The van der Waals surface area contributed by atoms with Gasteiger partial charge in [0.1, 0.15) is 0 Å². The van der Waals surface area contributed by atoms with Gasteiger partial charge in [0.05, 0.1) is 11.3 Å². The lowest BCUT2D eigenvalue weighted by atomic mass is 9.93. The Morgan fingerprint density at radius 3 is 3.00 bits per heavy atom. The second-order valence-corrected chi connectivity index (χ2v) is 8.25. The fourth-order valence-corrected chi connectivity index (χ4v) is 5.99. The van der Waals surface area contributed by atoms with E-state index in [0.29, 0.717) is 16.4 Å². The first kappa shape index (κ1) is 14.7. The molecule has 4 atom stereocenters. The zero-order chi connectivity index (χ0) is 13.9. The molecule has 3 rings (SSSR count). The minimum Gasteiger partial charge on any atom is -0.338 e. The maximum atomic E-state index is 5.57. The smallest absolute Gasteiger partial charge is 0.244 e. The Labute approximate surface area is 129 Å². The van der Waals surface area contributed by atoms with E-state index < -0.39 is 0 Å². The van der Waals surface area contributed by atoms with Crippen molar-refractivity contribution in [3.05, 3.63) is 11.7 Å². The highest BCUT2D eigenvalue weighted by Crippen LogP contribution is 2.43. The van der Waals surface area contributed by atoms with Gasteiger partial charge in [0, 0.05) is 16.8 Å². The van der Waals surface area contributed by atoms with E-state index in [-0.39, 0.29) is 6.04 Å². The summed E-state index contributed by atoms with van der Waals surface area (Å²) in [7, 11) is 0. The lowest BCUT2D eigenvalue weighted by Gasteiger charge is -2.28. The lowest BCUT2D eigenvalue weighted by molar-refractivity contribution is 0.239. The highest BCUT2D eigenvalue weighted by Gasteiger charge is 2.33. The van der Waals surface area contributed by atoms with E-state index in [9.17, 15) is 0 Å². The fourth-order valence-electron chi connectivity index (χ4n) is 3.01. The van der Waals surface area contributed by atoms with Gasteiger partial charge < -0.3 is 9.84 Å². The topological polar surface area (TPSA) is 51.0 Å². The van der Waals surface area contributed by atoms with Crippen LogP contribution in [0.4, 0.5) is 0 Å². The number of nitrogens with zero attached hydrogens (tertiary/aromatic N) is 2. The van der Waals surface area contributed by atoms with Crippen LogP contribution in [0.1, 0.15) is 56.1 Å². The summed E-state index contributed by atoms with van der Waals surface area (Å²) in [6.45, 7) is 5.57. The minimum atomic E-state index is 0.242. The van der Waals surface area contributed by atoms with Gasteiger partial charge in [-0.15, -0.1) is 11.8 Å². The van der Waals surface area contributed by atoms with Crippen molar-refractivity contribution in [2.45, 2.75) is 49.7 Å². The molecule has 1 N–H and O–H groups in total. The molecule has 1 aromatic heterocycles. The Morgan fingerprint density at radius 1 is 1.35 bits per heavy atom. The molecule has 0 bridgehead atoms. The minimum absolute atomic E-state index is 0.242. The van der Waals surface area contributed by atoms with Crippen molar-refractivity contribution in [1.29, 1.82) is 0 Å². The fraction of sp³-hybridized carbons (Fsp3) is 0.857. The third kappa shape index (κ3) is 3.02. The van der Waals surface area contributed by atoms with Gasteiger partial charge in [-0.25, -0.2) is 0 Å². The average Bonchev–Trinajstić information content (AvgIpc) is 2.97. The second-order valence-electron chi connectivity index (χ2n) is 5.65. The van der Waals surface area contributed by atoms with Crippen LogP contribution in [0.2, 0.25) is 0 Å². The zero-order valence-electron chi connectivity index (χ0n) is 12.2. The molecular formula is C14H23N3OS2. The quantitative estimate of drug-likeness (QED) is 0.922. The molecule has 0 spiro atoms. The van der Waals surface area contributed by atoms with Crippen molar-refractivity contribution in [3.63, 3.8) is 0 Å². The van der Waals surface area contributed by atoms with Gasteiger partial charge in [0.25, 0.3) is 0 Å². The number of thioether (sulfide) groups is 2. The standard InChI is InChI=1S/C14H23N3OS2/c1-3-10-12(20-8-7-19-10)13-16-14(18-17-13)11-9(2)5-4-6-15-11/h9-12,15H,3-8H2,1-2H3. The summed E-state index contributed by atoms with van der Waals surface area (Å²) in [5.74, 6) is 4.70. The summed E-state index contributed by atoms with van der Waals surface area (Å²) in [5.41, 5.74) is 0. The van der Waals surface area contributed by atoms with Crippen molar-refractivity contribution in [3.8, 4) is 0 Å². The van der Waals surface area contributed by atoms with E-state index in [2.05, 4.69) is 36.1 Å². The summed E-state index contributed by atoms with van der Waals surface area (Å²) in [6.07, 6.45) is 3.65. The van der Waals surface area contributed by atoms with Gasteiger partial charge in [-0.1, -0.05) is 19.0 Å². The molecule has 0 aliphatic carbocycles. The van der Waals surface area contributed by atoms with Crippen LogP contribution in [0.3, 0.4) is 0 Å². The van der Waals surface area contributed by atoms with Crippen molar-refractivity contribution in [2.75, 3.05) is 18.1 Å². The van der Waals surface area contributed by atoms with Crippen LogP contribution >= 0.6 is 23.5 Å². The Balaban J connectivity index is 1.75. The summed E-state index contributed by atoms with van der Waals surface area (Å²) < 4.78 is 5.57. The Morgan fingerprint density at radius 2 is 2.20 bits per heavy atom. The van der Waals surface area contributed by atoms with E-state index in [1.54, 1.807) is 0 Å². The van der Waals surface area contributed by atoms with Crippen LogP contribution in [0.25, 0.3) is 0 Å². The molecular weight excluding hydrogens is 290 g/mol. The number of hydrogen-bond donors (Lipinski definition) is 1. The van der Waals surface area contributed by atoms with Gasteiger partial charge in [0.2, 0.25) is 5.89 Å². The summed E-state index contributed by atoms with van der Waals surface area (Å²) in [4.78, 5) is 4.73. The molecule has 0 radical (unpaired) electrons. The average molecular weight is 313 g/mol. The number of aromatic nitrogens is 2. The largest absolute Gasteiger partial charge is 0.338 e. The first-order valence-corrected chi connectivity index (χ1v) is 9.69. The van der Waals surface area contributed by atoms with E-state index in [1.807, 2.05) is 11.8 Å². The molecule has 4 nitrogen and oxygen atoms in total. The predicted octanol–water partition coefficient (Wildman–Crippen LogP) is 3.43. The van der Waals surface area contributed by atoms with Crippen LogP contribution in [0, 0.1) is 5.92 Å². The zero-order valence-corrected chi connectivity index (χ0v) is 13.8. The first-order chi connectivity index (χ1) is 9.79. The Hall–Kier alpha value is -0.200. The monoisotopic (exact) mass is 313 g/mol. The SMILES string of the molecule is CCC1SCCSC1c1noc(C2NCCCC2C)n1. The molecule has 6 heteroatoms. The van der Waals surface area contributed by atoms with Gasteiger partial charge >= 0.3 is 0 Å². The summed E-state index contributed by atoms with van der Waals surface area (Å²) >= 11 is 4.04. The number of rotatable bonds is 3. The third-order valence-electron chi connectivity index (χ3n) is 4.20. The second kappa shape index (κ2) is 6.71. The van der Waals surface area contributed by atoms with Gasteiger partial charge in [0.15, 0.2) is 5.82 Å². The van der Waals surface area contributed by atoms with Crippen LogP contribution in [0.5, 0.6) is 0 Å². The molecule has 1 aromatic rings. The van der Waals surface area contributed by atoms with Crippen LogP contribution in [0.15, 0.2) is 4.52 Å². The molecule has 2 aliphatic heterocycles. The molecule has 0 aromatic carbocycles. The predicted molar refractivity (Wildman–Crippen MR) is 85.2 cm³/mol. The molecule has 2 fully saturated rings. The van der Waals surface area contributed by atoms with Crippen molar-refractivity contribution >= 4 is 23.5 Å². The number of nitrogens with one attached hydrogen (secondary N) is 1. The van der Waals surface area contributed by atoms with Crippen molar-refractivity contribution < 1.29 is 4.52 Å². The first-order valence-electron chi connectivity index (χ1n) is 7.59. The summed E-state index contributed by atoms with van der Waals surface area (Å²) in [6, 6.07) is 0.242. The van der Waals surface area contributed by atoms with Crippen molar-refractivity contribution in [2.24, 2.45) is 5.92 Å². The van der Waals surface area contributed by atoms with E-state index in [1.165, 1.54) is 30.8 Å².